The van der Waals surface area contributed by atoms with Crippen molar-refractivity contribution in [2.45, 2.75) is 6.54 Å². The lowest BCUT2D eigenvalue weighted by Gasteiger charge is -2.10. The van der Waals surface area contributed by atoms with E-state index in [0.29, 0.717) is 6.54 Å². The Morgan fingerprint density at radius 2 is 2.00 bits per heavy atom. The first-order valence-electron chi connectivity index (χ1n) is 5.37. The van der Waals surface area contributed by atoms with Crippen LogP contribution in [-0.2, 0) is 6.54 Å². The fourth-order valence-corrected chi connectivity index (χ4v) is 1.99. The van der Waals surface area contributed by atoms with Crippen LogP contribution in [0.2, 0.25) is 5.02 Å². The first-order valence-corrected chi connectivity index (χ1v) is 5.75. The summed E-state index contributed by atoms with van der Waals surface area (Å²) in [6.45, 7) is 0.471. The molecule has 0 amide bonds. The SMILES string of the molecule is COc1ccc(-c2cccc(Cl)c2)c(CN)c1. The molecule has 17 heavy (non-hydrogen) atoms. The molecule has 2 aromatic carbocycles. The Balaban J connectivity index is 2.51. The smallest absolute Gasteiger partial charge is 0.119 e. The van der Waals surface area contributed by atoms with Crippen molar-refractivity contribution in [1.82, 2.24) is 0 Å². The van der Waals surface area contributed by atoms with E-state index in [1.54, 1.807) is 7.11 Å². The molecule has 2 N–H and O–H groups in total. The maximum atomic E-state index is 5.99. The Morgan fingerprint density at radius 1 is 1.18 bits per heavy atom. The highest BCUT2D eigenvalue weighted by molar-refractivity contribution is 6.30. The Morgan fingerprint density at radius 3 is 2.65 bits per heavy atom. The second-order valence-electron chi connectivity index (χ2n) is 3.74. The van der Waals surface area contributed by atoms with Gasteiger partial charge in [-0.3, -0.25) is 0 Å². The van der Waals surface area contributed by atoms with Crippen molar-refractivity contribution in [2.75, 3.05) is 7.11 Å². The van der Waals surface area contributed by atoms with Crippen molar-refractivity contribution in [3.05, 3.63) is 53.1 Å². The largest absolute Gasteiger partial charge is 0.497 e. The van der Waals surface area contributed by atoms with Gasteiger partial charge < -0.3 is 10.5 Å². The lowest BCUT2D eigenvalue weighted by atomic mass is 9.99. The predicted molar refractivity (Wildman–Crippen MR) is 71.3 cm³/mol. The first kappa shape index (κ1) is 12.0. The van der Waals surface area contributed by atoms with Gasteiger partial charge >= 0.3 is 0 Å². The van der Waals surface area contributed by atoms with Gasteiger partial charge in [-0.1, -0.05) is 29.8 Å². The fraction of sp³-hybridized carbons (Fsp3) is 0.143. The zero-order valence-electron chi connectivity index (χ0n) is 9.61. The van der Waals surface area contributed by atoms with Crippen molar-refractivity contribution in [3.63, 3.8) is 0 Å². The van der Waals surface area contributed by atoms with E-state index in [1.807, 2.05) is 42.5 Å². The van der Waals surface area contributed by atoms with Gasteiger partial charge in [-0.2, -0.15) is 0 Å². The highest BCUT2D eigenvalue weighted by Crippen LogP contribution is 2.28. The summed E-state index contributed by atoms with van der Waals surface area (Å²) in [4.78, 5) is 0. The number of halogens is 1. The van der Waals surface area contributed by atoms with Crippen LogP contribution < -0.4 is 10.5 Å². The van der Waals surface area contributed by atoms with Gasteiger partial charge in [-0.15, -0.1) is 0 Å². The summed E-state index contributed by atoms with van der Waals surface area (Å²) in [7, 11) is 1.65. The summed E-state index contributed by atoms with van der Waals surface area (Å²) in [5.41, 5.74) is 8.97. The third-order valence-electron chi connectivity index (χ3n) is 2.67. The van der Waals surface area contributed by atoms with E-state index < -0.39 is 0 Å². The minimum absolute atomic E-state index is 0.471. The van der Waals surface area contributed by atoms with Gasteiger partial charge in [0.2, 0.25) is 0 Å². The molecule has 0 aliphatic carbocycles. The van der Waals surface area contributed by atoms with Gasteiger partial charge in [-0.05, 0) is 41.0 Å². The molecule has 0 fully saturated rings. The minimum Gasteiger partial charge on any atom is -0.497 e. The lowest BCUT2D eigenvalue weighted by Crippen LogP contribution is -1.99. The first-order chi connectivity index (χ1) is 8.24. The van der Waals surface area contributed by atoms with Gasteiger partial charge in [0.25, 0.3) is 0 Å². The maximum absolute atomic E-state index is 5.99. The number of ether oxygens (including phenoxy) is 1. The number of nitrogens with two attached hydrogens (primary N) is 1. The van der Waals surface area contributed by atoms with E-state index in [1.165, 1.54) is 0 Å². The van der Waals surface area contributed by atoms with Crippen molar-refractivity contribution >= 4 is 11.6 Å². The summed E-state index contributed by atoms with van der Waals surface area (Å²) in [5.74, 6) is 0.816. The molecule has 0 spiro atoms. The van der Waals surface area contributed by atoms with Crippen molar-refractivity contribution in [3.8, 4) is 16.9 Å². The van der Waals surface area contributed by atoms with Crippen molar-refractivity contribution in [1.29, 1.82) is 0 Å². The molecule has 0 aliphatic heterocycles. The third-order valence-corrected chi connectivity index (χ3v) is 2.90. The molecule has 0 bridgehead atoms. The van der Waals surface area contributed by atoms with Crippen LogP contribution in [0.1, 0.15) is 5.56 Å². The van der Waals surface area contributed by atoms with Crippen LogP contribution in [-0.4, -0.2) is 7.11 Å². The summed E-state index contributed by atoms with van der Waals surface area (Å²) < 4.78 is 5.19. The van der Waals surface area contributed by atoms with Crippen LogP contribution in [0.25, 0.3) is 11.1 Å². The Hall–Kier alpha value is -1.51. The Bertz CT molecular complexity index is 525. The molecule has 0 aromatic heterocycles. The summed E-state index contributed by atoms with van der Waals surface area (Å²) >= 11 is 5.99. The second-order valence-corrected chi connectivity index (χ2v) is 4.17. The van der Waals surface area contributed by atoms with Crippen LogP contribution in [0.4, 0.5) is 0 Å². The van der Waals surface area contributed by atoms with Crippen LogP contribution in [0.5, 0.6) is 5.75 Å². The molecule has 2 aromatic rings. The second kappa shape index (κ2) is 5.21. The van der Waals surface area contributed by atoms with E-state index in [2.05, 4.69) is 0 Å². The number of hydrogen-bond acceptors (Lipinski definition) is 2. The van der Waals surface area contributed by atoms with Crippen LogP contribution >= 0.6 is 11.6 Å². The molecule has 3 heteroatoms. The van der Waals surface area contributed by atoms with Gasteiger partial charge in [-0.25, -0.2) is 0 Å². The molecule has 0 heterocycles. The lowest BCUT2D eigenvalue weighted by molar-refractivity contribution is 0.414. The molecule has 2 nitrogen and oxygen atoms in total. The molecule has 0 atom stereocenters. The fourth-order valence-electron chi connectivity index (χ4n) is 1.80. The third kappa shape index (κ3) is 2.60. The number of rotatable bonds is 3. The molecule has 0 saturated carbocycles. The molecular formula is C14H14ClNO. The summed E-state index contributed by atoms with van der Waals surface area (Å²) in [6.07, 6.45) is 0. The molecule has 0 saturated heterocycles. The molecular weight excluding hydrogens is 234 g/mol. The number of benzene rings is 2. The van der Waals surface area contributed by atoms with E-state index in [0.717, 1.165) is 27.5 Å². The predicted octanol–water partition coefficient (Wildman–Crippen LogP) is 3.47. The van der Waals surface area contributed by atoms with E-state index >= 15 is 0 Å². The molecule has 88 valence electrons. The normalized spacial score (nSPS) is 10.3. The van der Waals surface area contributed by atoms with E-state index in [4.69, 9.17) is 22.1 Å². The molecule has 0 aliphatic rings. The molecule has 0 unspecified atom stereocenters. The standard InChI is InChI=1S/C14H14ClNO/c1-17-13-5-6-14(11(8-13)9-16)10-3-2-4-12(15)7-10/h2-8H,9,16H2,1H3. The average Bonchev–Trinajstić information content (AvgIpc) is 2.38. The van der Waals surface area contributed by atoms with Crippen molar-refractivity contribution < 1.29 is 4.74 Å². The van der Waals surface area contributed by atoms with Gasteiger partial charge in [0.05, 0.1) is 7.11 Å². The average molecular weight is 248 g/mol. The molecule has 2 rings (SSSR count). The minimum atomic E-state index is 0.471. The van der Waals surface area contributed by atoms with Crippen LogP contribution in [0.15, 0.2) is 42.5 Å². The quantitative estimate of drug-likeness (QED) is 0.901. The van der Waals surface area contributed by atoms with Crippen molar-refractivity contribution in [2.24, 2.45) is 5.73 Å². The van der Waals surface area contributed by atoms with Gasteiger partial charge in [0, 0.05) is 11.6 Å². The molecule has 0 radical (unpaired) electrons. The number of hydrogen-bond donors (Lipinski definition) is 1. The van der Waals surface area contributed by atoms with Gasteiger partial charge in [0.15, 0.2) is 0 Å². The maximum Gasteiger partial charge on any atom is 0.119 e. The van der Waals surface area contributed by atoms with Gasteiger partial charge in [0.1, 0.15) is 5.75 Å². The Labute approximate surface area is 106 Å². The topological polar surface area (TPSA) is 35.2 Å². The number of methoxy groups -OCH3 is 1. The zero-order valence-corrected chi connectivity index (χ0v) is 10.4. The summed E-state index contributed by atoms with van der Waals surface area (Å²) in [6, 6.07) is 13.6. The van der Waals surface area contributed by atoms with E-state index in [-0.39, 0.29) is 0 Å². The zero-order chi connectivity index (χ0) is 12.3. The van der Waals surface area contributed by atoms with E-state index in [9.17, 15) is 0 Å². The monoisotopic (exact) mass is 247 g/mol. The summed E-state index contributed by atoms with van der Waals surface area (Å²) in [5, 5.41) is 0.723. The van der Waals surface area contributed by atoms with Crippen LogP contribution in [0.3, 0.4) is 0 Å². The highest BCUT2D eigenvalue weighted by atomic mass is 35.5. The Kier molecular flexibility index (Phi) is 3.67. The highest BCUT2D eigenvalue weighted by Gasteiger charge is 2.06. The van der Waals surface area contributed by atoms with Crippen LogP contribution in [0, 0.1) is 0 Å².